The van der Waals surface area contributed by atoms with Gasteiger partial charge in [-0.05, 0) is 57.3 Å². The molecule has 2 fully saturated rings. The van der Waals surface area contributed by atoms with Crippen molar-refractivity contribution in [3.8, 4) is 0 Å². The minimum absolute atomic E-state index is 0.820. The van der Waals surface area contributed by atoms with Crippen molar-refractivity contribution in [2.45, 2.75) is 57.7 Å². The van der Waals surface area contributed by atoms with Gasteiger partial charge in [-0.1, -0.05) is 12.8 Å². The van der Waals surface area contributed by atoms with E-state index in [1.165, 1.54) is 45.1 Å². The molecule has 2 heterocycles. The fourth-order valence-corrected chi connectivity index (χ4v) is 3.90. The molecule has 3 heteroatoms. The van der Waals surface area contributed by atoms with E-state index in [4.69, 9.17) is 4.42 Å². The van der Waals surface area contributed by atoms with Gasteiger partial charge < -0.3 is 9.73 Å². The number of piperidine rings is 1. The number of rotatable bonds is 4. The molecule has 3 nitrogen and oxygen atoms in total. The van der Waals surface area contributed by atoms with E-state index in [1.54, 1.807) is 0 Å². The number of furan rings is 1. The first-order chi connectivity index (χ1) is 9.36. The van der Waals surface area contributed by atoms with Crippen LogP contribution in [-0.4, -0.2) is 24.5 Å². The molecule has 1 aromatic heterocycles. The lowest BCUT2D eigenvalue weighted by Crippen LogP contribution is -2.46. The molecule has 0 amide bonds. The Morgan fingerprint density at radius 1 is 1.16 bits per heavy atom. The van der Waals surface area contributed by atoms with E-state index < -0.39 is 0 Å². The van der Waals surface area contributed by atoms with Crippen LogP contribution in [0.5, 0.6) is 0 Å². The SMILES string of the molecule is CNCc1ccc(CN2CCCC3CCCCC32)o1. The molecular formula is C16H26N2O. The van der Waals surface area contributed by atoms with E-state index >= 15 is 0 Å². The summed E-state index contributed by atoms with van der Waals surface area (Å²) in [5.41, 5.74) is 0. The zero-order valence-corrected chi connectivity index (χ0v) is 12.0. The average molecular weight is 262 g/mol. The summed E-state index contributed by atoms with van der Waals surface area (Å²) >= 11 is 0. The fraction of sp³-hybridized carbons (Fsp3) is 0.750. The molecule has 1 saturated carbocycles. The van der Waals surface area contributed by atoms with Crippen molar-refractivity contribution in [1.29, 1.82) is 0 Å². The quantitative estimate of drug-likeness (QED) is 0.903. The molecule has 1 saturated heterocycles. The van der Waals surface area contributed by atoms with Gasteiger partial charge in [0.25, 0.3) is 0 Å². The maximum atomic E-state index is 5.90. The summed E-state index contributed by atoms with van der Waals surface area (Å²) in [5.74, 6) is 3.14. The van der Waals surface area contributed by atoms with E-state index in [2.05, 4.69) is 22.3 Å². The molecule has 0 spiro atoms. The third-order valence-electron chi connectivity index (χ3n) is 4.79. The third kappa shape index (κ3) is 3.03. The first kappa shape index (κ1) is 13.2. The van der Waals surface area contributed by atoms with Gasteiger partial charge in [0.1, 0.15) is 11.5 Å². The maximum absolute atomic E-state index is 5.90. The molecule has 0 radical (unpaired) electrons. The van der Waals surface area contributed by atoms with Crippen molar-refractivity contribution in [3.63, 3.8) is 0 Å². The Hall–Kier alpha value is -0.800. The van der Waals surface area contributed by atoms with Gasteiger partial charge in [0.05, 0.1) is 13.1 Å². The number of likely N-dealkylation sites (tertiary alicyclic amines) is 1. The van der Waals surface area contributed by atoms with E-state index in [0.29, 0.717) is 0 Å². The molecule has 2 atom stereocenters. The summed E-state index contributed by atoms with van der Waals surface area (Å²) in [5, 5.41) is 3.14. The summed E-state index contributed by atoms with van der Waals surface area (Å²) < 4.78 is 5.90. The molecule has 1 aliphatic carbocycles. The van der Waals surface area contributed by atoms with Crippen LogP contribution in [-0.2, 0) is 13.1 Å². The Morgan fingerprint density at radius 2 is 1.95 bits per heavy atom. The second-order valence-electron chi connectivity index (χ2n) is 6.12. The van der Waals surface area contributed by atoms with E-state index in [1.807, 2.05) is 7.05 Å². The van der Waals surface area contributed by atoms with E-state index in [-0.39, 0.29) is 0 Å². The van der Waals surface area contributed by atoms with Crippen LogP contribution in [0, 0.1) is 5.92 Å². The van der Waals surface area contributed by atoms with Crippen molar-refractivity contribution in [3.05, 3.63) is 23.7 Å². The predicted octanol–water partition coefficient (Wildman–Crippen LogP) is 3.15. The van der Waals surface area contributed by atoms with Crippen LogP contribution in [0.3, 0.4) is 0 Å². The van der Waals surface area contributed by atoms with Gasteiger partial charge in [0, 0.05) is 6.04 Å². The number of hydrogen-bond acceptors (Lipinski definition) is 3. The normalized spacial score (nSPS) is 28.3. The topological polar surface area (TPSA) is 28.4 Å². The van der Waals surface area contributed by atoms with Gasteiger partial charge in [0.2, 0.25) is 0 Å². The summed E-state index contributed by atoms with van der Waals surface area (Å²) in [7, 11) is 1.96. The highest BCUT2D eigenvalue weighted by Crippen LogP contribution is 2.35. The fourth-order valence-electron chi connectivity index (χ4n) is 3.90. The third-order valence-corrected chi connectivity index (χ3v) is 4.79. The van der Waals surface area contributed by atoms with Crippen molar-refractivity contribution >= 4 is 0 Å². The maximum Gasteiger partial charge on any atom is 0.118 e. The van der Waals surface area contributed by atoms with E-state index in [0.717, 1.165) is 36.6 Å². The van der Waals surface area contributed by atoms with Crippen molar-refractivity contribution in [2.75, 3.05) is 13.6 Å². The number of hydrogen-bond donors (Lipinski definition) is 1. The van der Waals surface area contributed by atoms with Crippen LogP contribution < -0.4 is 5.32 Å². The molecule has 1 aliphatic heterocycles. The van der Waals surface area contributed by atoms with Gasteiger partial charge in [-0.25, -0.2) is 0 Å². The van der Waals surface area contributed by atoms with Gasteiger partial charge in [0.15, 0.2) is 0 Å². The monoisotopic (exact) mass is 262 g/mol. The lowest BCUT2D eigenvalue weighted by molar-refractivity contribution is 0.0492. The minimum atomic E-state index is 0.820. The highest BCUT2D eigenvalue weighted by molar-refractivity contribution is 5.07. The van der Waals surface area contributed by atoms with Crippen molar-refractivity contribution in [1.82, 2.24) is 10.2 Å². The van der Waals surface area contributed by atoms with Gasteiger partial charge in [-0.2, -0.15) is 0 Å². The van der Waals surface area contributed by atoms with Gasteiger partial charge in [-0.15, -0.1) is 0 Å². The number of nitrogens with zero attached hydrogens (tertiary/aromatic N) is 1. The number of fused-ring (bicyclic) bond motifs is 1. The largest absolute Gasteiger partial charge is 0.463 e. The molecule has 0 bridgehead atoms. The first-order valence-electron chi connectivity index (χ1n) is 7.83. The molecule has 1 N–H and O–H groups in total. The van der Waals surface area contributed by atoms with Crippen molar-refractivity contribution < 1.29 is 4.42 Å². The lowest BCUT2D eigenvalue weighted by Gasteiger charge is -2.43. The highest BCUT2D eigenvalue weighted by atomic mass is 16.3. The zero-order chi connectivity index (χ0) is 13.1. The summed E-state index contributed by atoms with van der Waals surface area (Å²) in [6, 6.07) is 5.08. The Bertz CT molecular complexity index is 399. The van der Waals surface area contributed by atoms with E-state index in [9.17, 15) is 0 Å². The second-order valence-corrected chi connectivity index (χ2v) is 6.12. The Labute approximate surface area is 116 Å². The average Bonchev–Trinajstić information content (AvgIpc) is 2.87. The Morgan fingerprint density at radius 3 is 2.84 bits per heavy atom. The second kappa shape index (κ2) is 6.10. The zero-order valence-electron chi connectivity index (χ0n) is 12.0. The molecule has 106 valence electrons. The van der Waals surface area contributed by atoms with Crippen molar-refractivity contribution in [2.24, 2.45) is 5.92 Å². The van der Waals surface area contributed by atoms with Crippen LogP contribution in [0.25, 0.3) is 0 Å². The first-order valence-corrected chi connectivity index (χ1v) is 7.83. The van der Waals surface area contributed by atoms with Crippen LogP contribution in [0.1, 0.15) is 50.0 Å². The molecule has 3 rings (SSSR count). The smallest absolute Gasteiger partial charge is 0.118 e. The summed E-state index contributed by atoms with van der Waals surface area (Å²) in [4.78, 5) is 2.68. The van der Waals surface area contributed by atoms with Gasteiger partial charge >= 0.3 is 0 Å². The molecule has 0 aromatic carbocycles. The van der Waals surface area contributed by atoms with Gasteiger partial charge in [-0.3, -0.25) is 4.90 Å². The minimum Gasteiger partial charge on any atom is -0.463 e. The lowest BCUT2D eigenvalue weighted by atomic mass is 9.78. The number of nitrogens with one attached hydrogen (secondary N) is 1. The standard InChI is InChI=1S/C16H26N2O/c1-17-11-14-8-9-15(19-14)12-18-10-4-6-13-5-2-3-7-16(13)18/h8-9,13,16-17H,2-7,10-12H2,1H3. The summed E-state index contributed by atoms with van der Waals surface area (Å²) in [6.07, 6.45) is 8.53. The van der Waals surface area contributed by atoms with Crippen LogP contribution in [0.2, 0.25) is 0 Å². The summed E-state index contributed by atoms with van der Waals surface area (Å²) in [6.45, 7) is 3.08. The van der Waals surface area contributed by atoms with Crippen LogP contribution in [0.4, 0.5) is 0 Å². The molecule has 2 unspecified atom stereocenters. The highest BCUT2D eigenvalue weighted by Gasteiger charge is 2.33. The van der Waals surface area contributed by atoms with Crippen LogP contribution >= 0.6 is 0 Å². The molecule has 1 aromatic rings. The Kier molecular flexibility index (Phi) is 4.24. The predicted molar refractivity (Wildman–Crippen MR) is 76.9 cm³/mol. The Balaban J connectivity index is 1.63. The molecular weight excluding hydrogens is 236 g/mol. The van der Waals surface area contributed by atoms with Crippen LogP contribution in [0.15, 0.2) is 16.5 Å². The molecule has 19 heavy (non-hydrogen) atoms. The molecule has 2 aliphatic rings.